The third kappa shape index (κ3) is 2.01. The van der Waals surface area contributed by atoms with Crippen molar-refractivity contribution in [2.45, 2.75) is 65.2 Å². The fourth-order valence-electron chi connectivity index (χ4n) is 6.97. The Morgan fingerprint density at radius 3 is 2.61 bits per heavy atom. The molecule has 3 nitrogen and oxygen atoms in total. The molecule has 0 saturated heterocycles. The Kier molecular flexibility index (Phi) is 3.31. The standard InChI is InChI=1S/C20H28O3/c1-19-9-7-13(21)11-12(19)3-4-14-15-5-6-17(18(22)23)20(15,2)10-8-16(14)19/h11,14-17H,3-10H2,1-2H3,(H,22,23)/t14-,15+,16-,17-,19+,20+/m1/s1. The molecular formula is C20H28O3. The minimum atomic E-state index is -0.584. The van der Waals surface area contributed by atoms with E-state index in [-0.39, 0.29) is 16.7 Å². The highest BCUT2D eigenvalue weighted by Gasteiger charge is 2.60. The number of aliphatic carboxylic acids is 1. The molecule has 6 atom stereocenters. The molecule has 0 spiro atoms. The first-order valence-corrected chi connectivity index (χ1v) is 9.33. The van der Waals surface area contributed by atoms with Crippen molar-refractivity contribution >= 4 is 11.8 Å². The quantitative estimate of drug-likeness (QED) is 0.788. The Morgan fingerprint density at radius 2 is 1.87 bits per heavy atom. The van der Waals surface area contributed by atoms with E-state index in [2.05, 4.69) is 13.8 Å². The van der Waals surface area contributed by atoms with E-state index in [0.29, 0.717) is 30.0 Å². The van der Waals surface area contributed by atoms with E-state index in [1.54, 1.807) is 0 Å². The normalized spacial score (nSPS) is 49.0. The van der Waals surface area contributed by atoms with Crippen LogP contribution in [0.25, 0.3) is 0 Å². The first-order chi connectivity index (χ1) is 10.9. The van der Waals surface area contributed by atoms with Crippen molar-refractivity contribution in [1.82, 2.24) is 0 Å². The van der Waals surface area contributed by atoms with Crippen LogP contribution in [0.2, 0.25) is 0 Å². The molecule has 0 amide bonds. The van der Waals surface area contributed by atoms with Crippen LogP contribution >= 0.6 is 0 Å². The maximum Gasteiger partial charge on any atom is 0.307 e. The SMILES string of the molecule is C[C@]12CC[C@@H]3[C@H](CCC4=CC(=O)CC[C@@]43C)[C@@H]1CC[C@@H]2C(=O)O. The second-order valence-corrected chi connectivity index (χ2v) is 8.98. The second kappa shape index (κ2) is 4.94. The third-order valence-corrected chi connectivity index (χ3v) is 8.26. The number of carbonyl (C=O) groups is 2. The predicted octanol–water partition coefficient (Wildman–Crippen LogP) is 4.22. The average Bonchev–Trinajstić information content (AvgIpc) is 2.85. The van der Waals surface area contributed by atoms with Crippen LogP contribution in [-0.2, 0) is 9.59 Å². The summed E-state index contributed by atoms with van der Waals surface area (Å²) in [6.07, 6.45) is 9.99. The van der Waals surface area contributed by atoms with E-state index >= 15 is 0 Å². The lowest BCUT2D eigenvalue weighted by Gasteiger charge is -2.57. The van der Waals surface area contributed by atoms with Crippen molar-refractivity contribution in [3.63, 3.8) is 0 Å². The first kappa shape index (κ1) is 15.4. The number of hydrogen-bond donors (Lipinski definition) is 1. The van der Waals surface area contributed by atoms with E-state index in [0.717, 1.165) is 44.9 Å². The molecule has 3 saturated carbocycles. The van der Waals surface area contributed by atoms with Gasteiger partial charge in [-0.1, -0.05) is 19.4 Å². The van der Waals surface area contributed by atoms with Gasteiger partial charge in [-0.05, 0) is 79.6 Å². The van der Waals surface area contributed by atoms with Gasteiger partial charge in [0.15, 0.2) is 5.78 Å². The summed E-state index contributed by atoms with van der Waals surface area (Å²) in [5.74, 6) is 1.46. The highest BCUT2D eigenvalue weighted by atomic mass is 16.4. The van der Waals surface area contributed by atoms with Crippen LogP contribution in [0.3, 0.4) is 0 Å². The van der Waals surface area contributed by atoms with Gasteiger partial charge in [0.2, 0.25) is 0 Å². The van der Waals surface area contributed by atoms with Gasteiger partial charge in [0.05, 0.1) is 5.92 Å². The number of carbonyl (C=O) groups excluding carboxylic acids is 1. The summed E-state index contributed by atoms with van der Waals surface area (Å²) < 4.78 is 0. The van der Waals surface area contributed by atoms with Crippen molar-refractivity contribution in [2.24, 2.45) is 34.5 Å². The number of ketones is 1. The van der Waals surface area contributed by atoms with Crippen molar-refractivity contribution in [3.05, 3.63) is 11.6 Å². The molecule has 126 valence electrons. The van der Waals surface area contributed by atoms with Gasteiger partial charge >= 0.3 is 5.97 Å². The lowest BCUT2D eigenvalue weighted by molar-refractivity contribution is -0.149. The maximum absolute atomic E-state index is 11.8. The number of carboxylic acid groups (broad SMARTS) is 1. The lowest BCUT2D eigenvalue weighted by Crippen LogP contribution is -2.51. The molecule has 0 bridgehead atoms. The molecule has 0 aromatic carbocycles. The van der Waals surface area contributed by atoms with Gasteiger partial charge in [-0.25, -0.2) is 0 Å². The molecule has 4 aliphatic carbocycles. The molecule has 3 heteroatoms. The summed E-state index contributed by atoms with van der Waals surface area (Å²) in [5, 5.41) is 9.63. The summed E-state index contributed by atoms with van der Waals surface area (Å²) in [7, 11) is 0. The van der Waals surface area contributed by atoms with Crippen molar-refractivity contribution in [3.8, 4) is 0 Å². The van der Waals surface area contributed by atoms with E-state index in [1.807, 2.05) is 6.08 Å². The van der Waals surface area contributed by atoms with E-state index < -0.39 is 5.97 Å². The summed E-state index contributed by atoms with van der Waals surface area (Å²) in [5.41, 5.74) is 1.58. The summed E-state index contributed by atoms with van der Waals surface area (Å²) in [4.78, 5) is 23.5. The van der Waals surface area contributed by atoms with Gasteiger partial charge in [0.1, 0.15) is 0 Å². The van der Waals surface area contributed by atoms with Crippen LogP contribution < -0.4 is 0 Å². The van der Waals surface area contributed by atoms with Gasteiger partial charge < -0.3 is 5.11 Å². The fourth-order valence-corrected chi connectivity index (χ4v) is 6.97. The van der Waals surface area contributed by atoms with Crippen LogP contribution in [0.15, 0.2) is 11.6 Å². The van der Waals surface area contributed by atoms with Gasteiger partial charge in [-0.15, -0.1) is 0 Å². The molecular weight excluding hydrogens is 288 g/mol. The minimum Gasteiger partial charge on any atom is -0.481 e. The molecule has 0 radical (unpaired) electrons. The molecule has 4 rings (SSSR count). The van der Waals surface area contributed by atoms with Crippen molar-refractivity contribution < 1.29 is 14.7 Å². The predicted molar refractivity (Wildman–Crippen MR) is 87.8 cm³/mol. The Morgan fingerprint density at radius 1 is 1.09 bits per heavy atom. The van der Waals surface area contributed by atoms with E-state index in [4.69, 9.17) is 0 Å². The summed E-state index contributed by atoms with van der Waals surface area (Å²) in [6, 6.07) is 0. The van der Waals surface area contributed by atoms with Crippen LogP contribution in [-0.4, -0.2) is 16.9 Å². The van der Waals surface area contributed by atoms with Crippen molar-refractivity contribution in [1.29, 1.82) is 0 Å². The van der Waals surface area contributed by atoms with Crippen LogP contribution in [0, 0.1) is 34.5 Å². The van der Waals surface area contributed by atoms with Gasteiger partial charge in [0.25, 0.3) is 0 Å². The molecule has 3 fully saturated rings. The number of fused-ring (bicyclic) bond motifs is 5. The van der Waals surface area contributed by atoms with Gasteiger partial charge in [0, 0.05) is 6.42 Å². The topological polar surface area (TPSA) is 54.4 Å². The largest absolute Gasteiger partial charge is 0.481 e. The Hall–Kier alpha value is -1.12. The zero-order valence-corrected chi connectivity index (χ0v) is 14.3. The number of carboxylic acids is 1. The molecule has 1 N–H and O–H groups in total. The molecule has 0 aromatic rings. The first-order valence-electron chi connectivity index (χ1n) is 9.33. The number of allylic oxidation sites excluding steroid dienone is 1. The van der Waals surface area contributed by atoms with Crippen LogP contribution in [0.5, 0.6) is 0 Å². The average molecular weight is 316 g/mol. The molecule has 0 unspecified atom stereocenters. The van der Waals surface area contributed by atoms with Crippen LogP contribution in [0.1, 0.15) is 65.2 Å². The van der Waals surface area contributed by atoms with E-state index in [9.17, 15) is 14.7 Å². The highest BCUT2D eigenvalue weighted by molar-refractivity contribution is 5.91. The summed E-state index contributed by atoms with van der Waals surface area (Å²) >= 11 is 0. The number of rotatable bonds is 1. The van der Waals surface area contributed by atoms with Gasteiger partial charge in [-0.2, -0.15) is 0 Å². The maximum atomic E-state index is 11.8. The van der Waals surface area contributed by atoms with Crippen LogP contribution in [0.4, 0.5) is 0 Å². The summed E-state index contributed by atoms with van der Waals surface area (Å²) in [6.45, 7) is 4.63. The Bertz CT molecular complexity index is 592. The molecule has 0 aliphatic heterocycles. The zero-order valence-electron chi connectivity index (χ0n) is 14.3. The minimum absolute atomic E-state index is 0.00490. The molecule has 4 aliphatic rings. The zero-order chi connectivity index (χ0) is 16.4. The monoisotopic (exact) mass is 316 g/mol. The second-order valence-electron chi connectivity index (χ2n) is 8.98. The molecule has 0 aromatic heterocycles. The van der Waals surface area contributed by atoms with Gasteiger partial charge in [-0.3, -0.25) is 9.59 Å². The Balaban J connectivity index is 1.67. The lowest BCUT2D eigenvalue weighted by atomic mass is 9.47. The molecule has 23 heavy (non-hydrogen) atoms. The van der Waals surface area contributed by atoms with Crippen molar-refractivity contribution in [2.75, 3.05) is 0 Å². The Labute approximate surface area is 138 Å². The smallest absolute Gasteiger partial charge is 0.307 e. The van der Waals surface area contributed by atoms with E-state index in [1.165, 1.54) is 5.57 Å². The third-order valence-electron chi connectivity index (χ3n) is 8.26. The molecule has 0 heterocycles. The fraction of sp³-hybridized carbons (Fsp3) is 0.800. The number of hydrogen-bond acceptors (Lipinski definition) is 2. The highest BCUT2D eigenvalue weighted by Crippen LogP contribution is 2.66.